The van der Waals surface area contributed by atoms with Crippen LogP contribution in [0.4, 0.5) is 5.69 Å². The van der Waals surface area contributed by atoms with Crippen LogP contribution in [0.1, 0.15) is 15.2 Å². The first-order valence-electron chi connectivity index (χ1n) is 5.73. The number of amides is 1. The molecule has 104 valence electrons. The molecule has 1 aromatic heterocycles. The topological polar surface area (TPSA) is 53.2 Å². The summed E-state index contributed by atoms with van der Waals surface area (Å²) in [6.45, 7) is 1.92. The molecule has 0 bridgehead atoms. The molecule has 0 aliphatic carbocycles. The Bertz CT molecular complexity index is 629. The van der Waals surface area contributed by atoms with E-state index in [1.54, 1.807) is 12.1 Å². The molecule has 0 fully saturated rings. The molecule has 0 aliphatic heterocycles. The predicted molar refractivity (Wildman–Crippen MR) is 87.3 cm³/mol. The maximum atomic E-state index is 11.7. The van der Waals surface area contributed by atoms with Crippen LogP contribution in [0.3, 0.4) is 0 Å². The van der Waals surface area contributed by atoms with Crippen LogP contribution in [0.5, 0.6) is 0 Å². The molecule has 20 heavy (non-hydrogen) atoms. The van der Waals surface area contributed by atoms with Crippen LogP contribution in [-0.2, 0) is 0 Å². The summed E-state index contributed by atoms with van der Waals surface area (Å²) in [6, 6.07) is 8.97. The summed E-state index contributed by atoms with van der Waals surface area (Å²) in [5.74, 6) is -0.225. The fourth-order valence-electron chi connectivity index (χ4n) is 1.50. The highest BCUT2D eigenvalue weighted by Gasteiger charge is 2.07. The molecule has 0 atom stereocenters. The van der Waals surface area contributed by atoms with Gasteiger partial charge >= 0.3 is 0 Å². The van der Waals surface area contributed by atoms with Crippen molar-refractivity contribution in [2.24, 2.45) is 0 Å². The Hall–Kier alpha value is -1.63. The van der Waals surface area contributed by atoms with Gasteiger partial charge in [0.1, 0.15) is 0 Å². The van der Waals surface area contributed by atoms with E-state index in [1.165, 1.54) is 11.3 Å². The SMILES string of the molecule is Cc1cc(Cl)ccc1NC(=S)NNC(=O)c1cccs1. The first kappa shape index (κ1) is 14.8. The molecule has 1 aromatic carbocycles. The third-order valence-corrected chi connectivity index (χ3v) is 3.78. The van der Waals surface area contributed by atoms with E-state index >= 15 is 0 Å². The molecule has 2 aromatic rings. The minimum absolute atomic E-state index is 0.225. The zero-order valence-electron chi connectivity index (χ0n) is 10.6. The van der Waals surface area contributed by atoms with E-state index in [-0.39, 0.29) is 5.91 Å². The number of hydrazine groups is 1. The second kappa shape index (κ2) is 6.69. The monoisotopic (exact) mass is 325 g/mol. The lowest BCUT2D eigenvalue weighted by atomic mass is 10.2. The van der Waals surface area contributed by atoms with Crippen molar-refractivity contribution in [2.45, 2.75) is 6.92 Å². The number of rotatable bonds is 2. The zero-order valence-corrected chi connectivity index (χ0v) is 13.0. The zero-order chi connectivity index (χ0) is 14.5. The molecule has 0 saturated heterocycles. The van der Waals surface area contributed by atoms with Gasteiger partial charge in [-0.25, -0.2) is 0 Å². The lowest BCUT2D eigenvalue weighted by Crippen LogP contribution is -2.43. The van der Waals surface area contributed by atoms with Crippen molar-refractivity contribution in [3.05, 3.63) is 51.2 Å². The number of anilines is 1. The Morgan fingerprint density at radius 3 is 2.75 bits per heavy atom. The molecule has 3 N–H and O–H groups in total. The van der Waals surface area contributed by atoms with E-state index in [4.69, 9.17) is 23.8 Å². The average Bonchev–Trinajstić information content (AvgIpc) is 2.93. The maximum Gasteiger partial charge on any atom is 0.279 e. The standard InChI is InChI=1S/C13H12ClN3OS2/c1-8-7-9(14)4-5-10(8)15-13(19)17-16-12(18)11-3-2-6-20-11/h2-7H,1H3,(H,16,18)(H2,15,17,19). The summed E-state index contributed by atoms with van der Waals surface area (Å²) < 4.78 is 0. The smallest absolute Gasteiger partial charge is 0.279 e. The van der Waals surface area contributed by atoms with Gasteiger partial charge in [0.2, 0.25) is 0 Å². The Morgan fingerprint density at radius 1 is 1.30 bits per heavy atom. The van der Waals surface area contributed by atoms with Crippen molar-refractivity contribution in [3.8, 4) is 0 Å². The van der Waals surface area contributed by atoms with Crippen molar-refractivity contribution >= 4 is 51.9 Å². The predicted octanol–water partition coefficient (Wildman–Crippen LogP) is 3.34. The number of carbonyl (C=O) groups is 1. The lowest BCUT2D eigenvalue weighted by molar-refractivity contribution is 0.0948. The van der Waals surface area contributed by atoms with Crippen molar-refractivity contribution in [2.75, 3.05) is 5.32 Å². The molecule has 2 rings (SSSR count). The van der Waals surface area contributed by atoms with E-state index in [9.17, 15) is 4.79 Å². The first-order chi connectivity index (χ1) is 9.56. The van der Waals surface area contributed by atoms with Gasteiger partial charge in [0, 0.05) is 10.7 Å². The number of nitrogens with one attached hydrogen (secondary N) is 3. The summed E-state index contributed by atoms with van der Waals surface area (Å²) >= 11 is 12.4. The molecule has 0 saturated carbocycles. The van der Waals surface area contributed by atoms with Crippen LogP contribution in [0.2, 0.25) is 5.02 Å². The number of halogens is 1. The average molecular weight is 326 g/mol. The van der Waals surface area contributed by atoms with Gasteiger partial charge in [0.25, 0.3) is 5.91 Å². The Kier molecular flexibility index (Phi) is 4.94. The van der Waals surface area contributed by atoms with Crippen LogP contribution in [-0.4, -0.2) is 11.0 Å². The minimum Gasteiger partial charge on any atom is -0.331 e. The maximum absolute atomic E-state index is 11.7. The summed E-state index contributed by atoms with van der Waals surface area (Å²) in [5, 5.41) is 5.79. The van der Waals surface area contributed by atoms with Gasteiger partial charge in [-0.05, 0) is 54.4 Å². The normalized spacial score (nSPS) is 9.90. The van der Waals surface area contributed by atoms with Gasteiger partial charge < -0.3 is 5.32 Å². The quantitative estimate of drug-likeness (QED) is 0.585. The summed E-state index contributed by atoms with van der Waals surface area (Å²) in [4.78, 5) is 12.3. The number of hydrogen-bond donors (Lipinski definition) is 3. The van der Waals surface area contributed by atoms with E-state index in [0.29, 0.717) is 15.0 Å². The highest BCUT2D eigenvalue weighted by Crippen LogP contribution is 2.19. The van der Waals surface area contributed by atoms with Crippen molar-refractivity contribution in [1.82, 2.24) is 10.9 Å². The van der Waals surface area contributed by atoms with Gasteiger partial charge in [0.05, 0.1) is 4.88 Å². The van der Waals surface area contributed by atoms with E-state index in [1.807, 2.05) is 30.5 Å². The highest BCUT2D eigenvalue weighted by molar-refractivity contribution is 7.80. The molecule has 0 radical (unpaired) electrons. The van der Waals surface area contributed by atoms with Crippen LogP contribution in [0.25, 0.3) is 0 Å². The van der Waals surface area contributed by atoms with E-state index < -0.39 is 0 Å². The molecular formula is C13H12ClN3OS2. The number of thiophene rings is 1. The fourth-order valence-corrected chi connectivity index (χ4v) is 2.51. The van der Waals surface area contributed by atoms with Crippen LogP contribution < -0.4 is 16.2 Å². The summed E-state index contributed by atoms with van der Waals surface area (Å²) in [7, 11) is 0. The Morgan fingerprint density at radius 2 is 2.10 bits per heavy atom. The van der Waals surface area contributed by atoms with E-state index in [0.717, 1.165) is 11.3 Å². The molecule has 7 heteroatoms. The van der Waals surface area contributed by atoms with Gasteiger partial charge in [-0.3, -0.25) is 15.6 Å². The van der Waals surface area contributed by atoms with Crippen LogP contribution >= 0.6 is 35.2 Å². The molecule has 0 spiro atoms. The summed E-state index contributed by atoms with van der Waals surface area (Å²) in [5.41, 5.74) is 6.98. The molecule has 4 nitrogen and oxygen atoms in total. The third kappa shape index (κ3) is 3.93. The highest BCUT2D eigenvalue weighted by atomic mass is 35.5. The number of benzene rings is 1. The van der Waals surface area contributed by atoms with Crippen LogP contribution in [0.15, 0.2) is 35.7 Å². The lowest BCUT2D eigenvalue weighted by Gasteiger charge is -2.13. The minimum atomic E-state index is -0.225. The largest absolute Gasteiger partial charge is 0.331 e. The number of aryl methyl sites for hydroxylation is 1. The molecule has 1 amide bonds. The Balaban J connectivity index is 1.88. The van der Waals surface area contributed by atoms with Crippen molar-refractivity contribution < 1.29 is 4.79 Å². The van der Waals surface area contributed by atoms with E-state index in [2.05, 4.69) is 16.2 Å². The van der Waals surface area contributed by atoms with Gasteiger partial charge in [-0.2, -0.15) is 0 Å². The molecule has 1 heterocycles. The van der Waals surface area contributed by atoms with Crippen LogP contribution in [0, 0.1) is 6.92 Å². The second-order valence-corrected chi connectivity index (χ2v) is 5.76. The first-order valence-corrected chi connectivity index (χ1v) is 7.40. The number of hydrogen-bond acceptors (Lipinski definition) is 3. The number of thiocarbonyl (C=S) groups is 1. The fraction of sp³-hybridized carbons (Fsp3) is 0.0769. The number of carbonyl (C=O) groups excluding carboxylic acids is 1. The molecular weight excluding hydrogens is 314 g/mol. The molecule has 0 aliphatic rings. The Labute approximate surface area is 131 Å². The summed E-state index contributed by atoms with van der Waals surface area (Å²) in [6.07, 6.45) is 0. The second-order valence-electron chi connectivity index (χ2n) is 3.97. The third-order valence-electron chi connectivity index (χ3n) is 2.47. The van der Waals surface area contributed by atoms with Crippen molar-refractivity contribution in [3.63, 3.8) is 0 Å². The molecule has 0 unspecified atom stereocenters. The van der Waals surface area contributed by atoms with Gasteiger partial charge in [0.15, 0.2) is 5.11 Å². The van der Waals surface area contributed by atoms with Gasteiger partial charge in [-0.1, -0.05) is 17.7 Å². The van der Waals surface area contributed by atoms with Gasteiger partial charge in [-0.15, -0.1) is 11.3 Å². The van der Waals surface area contributed by atoms with Crippen molar-refractivity contribution in [1.29, 1.82) is 0 Å².